The first-order chi connectivity index (χ1) is 10.2. The van der Waals surface area contributed by atoms with E-state index in [0.29, 0.717) is 0 Å². The number of fused-ring (bicyclic) bond motifs is 1. The third kappa shape index (κ3) is 2.92. The van der Waals surface area contributed by atoms with E-state index < -0.39 is 0 Å². The number of nitrogens with two attached hydrogens (primary N) is 1. The summed E-state index contributed by atoms with van der Waals surface area (Å²) in [5.74, 6) is 0.101. The van der Waals surface area contributed by atoms with Crippen molar-refractivity contribution in [2.45, 2.75) is 14.1 Å². The smallest absolute Gasteiger partial charge is 0.155 e. The summed E-state index contributed by atoms with van der Waals surface area (Å²) in [7, 11) is 0. The number of benzene rings is 2. The molecular formula is C15H13N3S3. The zero-order valence-corrected chi connectivity index (χ0v) is 13.7. The number of hydrogen-bond acceptors (Lipinski definition) is 5. The number of aromatic nitrogens is 1. The molecule has 0 fully saturated rings. The zero-order chi connectivity index (χ0) is 14.8. The van der Waals surface area contributed by atoms with Gasteiger partial charge in [-0.3, -0.25) is 5.41 Å². The fraction of sp³-hybridized carbons (Fsp3) is 0.0667. The monoisotopic (exact) mass is 331 g/mol. The van der Waals surface area contributed by atoms with E-state index in [0.717, 1.165) is 25.2 Å². The first-order valence-corrected chi connectivity index (χ1v) is 9.09. The maximum Gasteiger partial charge on any atom is 0.155 e. The van der Waals surface area contributed by atoms with Gasteiger partial charge in [0, 0.05) is 15.4 Å². The van der Waals surface area contributed by atoms with Gasteiger partial charge >= 0.3 is 0 Å². The third-order valence-electron chi connectivity index (χ3n) is 2.95. The molecule has 6 heteroatoms. The van der Waals surface area contributed by atoms with Crippen molar-refractivity contribution in [2.24, 2.45) is 5.73 Å². The molecule has 1 aromatic heterocycles. The van der Waals surface area contributed by atoms with Crippen LogP contribution < -0.4 is 5.73 Å². The van der Waals surface area contributed by atoms with Crippen LogP contribution in [0.5, 0.6) is 0 Å². The number of nitrogens with one attached hydrogen (secondary N) is 1. The SMILES string of the molecule is CSc1cccc(Sc2nc3ccccc3s2)c1C(=N)N. The Kier molecular flexibility index (Phi) is 4.19. The lowest BCUT2D eigenvalue weighted by atomic mass is 10.2. The van der Waals surface area contributed by atoms with Crippen LogP contribution in [0.1, 0.15) is 5.56 Å². The van der Waals surface area contributed by atoms with Crippen molar-refractivity contribution in [1.82, 2.24) is 4.98 Å². The van der Waals surface area contributed by atoms with Crippen molar-refractivity contribution < 1.29 is 0 Å². The Hall–Kier alpha value is -1.50. The Bertz CT molecular complexity index is 778. The molecule has 0 bridgehead atoms. The minimum Gasteiger partial charge on any atom is -0.384 e. The van der Waals surface area contributed by atoms with E-state index in [-0.39, 0.29) is 5.84 Å². The molecule has 0 saturated heterocycles. The summed E-state index contributed by atoms with van der Waals surface area (Å²) < 4.78 is 2.14. The fourth-order valence-corrected chi connectivity index (χ4v) is 4.93. The molecule has 0 atom stereocenters. The summed E-state index contributed by atoms with van der Waals surface area (Å²) in [5, 5.41) is 7.83. The number of thioether (sulfide) groups is 1. The molecule has 106 valence electrons. The lowest BCUT2D eigenvalue weighted by Crippen LogP contribution is -2.13. The van der Waals surface area contributed by atoms with Crippen LogP contribution in [0.15, 0.2) is 56.6 Å². The average molecular weight is 331 g/mol. The van der Waals surface area contributed by atoms with Crippen molar-refractivity contribution in [2.75, 3.05) is 6.26 Å². The number of thiazole rings is 1. The maximum atomic E-state index is 7.83. The molecular weight excluding hydrogens is 318 g/mol. The van der Waals surface area contributed by atoms with Crippen molar-refractivity contribution in [1.29, 1.82) is 5.41 Å². The van der Waals surface area contributed by atoms with Gasteiger partial charge in [0.15, 0.2) is 4.34 Å². The van der Waals surface area contributed by atoms with Gasteiger partial charge in [0.1, 0.15) is 5.84 Å². The average Bonchev–Trinajstić information content (AvgIpc) is 2.88. The molecule has 3 nitrogen and oxygen atoms in total. The second kappa shape index (κ2) is 6.09. The quantitative estimate of drug-likeness (QED) is 0.421. The summed E-state index contributed by atoms with van der Waals surface area (Å²) in [6.45, 7) is 0. The van der Waals surface area contributed by atoms with Crippen LogP contribution >= 0.6 is 34.9 Å². The van der Waals surface area contributed by atoms with Crippen LogP contribution in [0.25, 0.3) is 10.2 Å². The number of amidine groups is 1. The molecule has 1 heterocycles. The van der Waals surface area contributed by atoms with Crippen LogP contribution in [-0.2, 0) is 0 Å². The first-order valence-electron chi connectivity index (χ1n) is 6.24. The van der Waals surface area contributed by atoms with Gasteiger partial charge in [0.05, 0.1) is 10.2 Å². The van der Waals surface area contributed by atoms with Gasteiger partial charge in [-0.25, -0.2) is 4.98 Å². The summed E-state index contributed by atoms with van der Waals surface area (Å²) >= 11 is 4.83. The molecule has 2 aromatic carbocycles. The summed E-state index contributed by atoms with van der Waals surface area (Å²) in [6.07, 6.45) is 1.99. The molecule has 0 amide bonds. The largest absolute Gasteiger partial charge is 0.384 e. The molecule has 0 aliphatic rings. The Morgan fingerprint density at radius 3 is 2.62 bits per heavy atom. The molecule has 0 radical (unpaired) electrons. The Morgan fingerprint density at radius 2 is 1.90 bits per heavy atom. The predicted octanol–water partition coefficient (Wildman–Crippen LogP) is 4.45. The van der Waals surface area contributed by atoms with Crippen molar-refractivity contribution in [3.8, 4) is 0 Å². The highest BCUT2D eigenvalue weighted by Crippen LogP contribution is 2.38. The van der Waals surface area contributed by atoms with E-state index in [9.17, 15) is 0 Å². The zero-order valence-electron chi connectivity index (χ0n) is 11.3. The van der Waals surface area contributed by atoms with E-state index in [1.54, 1.807) is 34.9 Å². The topological polar surface area (TPSA) is 62.8 Å². The number of nitrogens with zero attached hydrogens (tertiary/aromatic N) is 1. The highest BCUT2D eigenvalue weighted by molar-refractivity contribution is 8.01. The molecule has 0 saturated carbocycles. The number of para-hydroxylation sites is 1. The maximum absolute atomic E-state index is 7.83. The van der Waals surface area contributed by atoms with E-state index in [2.05, 4.69) is 11.1 Å². The molecule has 0 aliphatic heterocycles. The Balaban J connectivity index is 2.03. The van der Waals surface area contributed by atoms with Gasteiger partial charge in [0.25, 0.3) is 0 Å². The molecule has 0 unspecified atom stereocenters. The van der Waals surface area contributed by atoms with Crippen LogP contribution in [-0.4, -0.2) is 17.1 Å². The Morgan fingerprint density at radius 1 is 1.14 bits per heavy atom. The summed E-state index contributed by atoms with van der Waals surface area (Å²) in [4.78, 5) is 6.63. The normalized spacial score (nSPS) is 10.9. The van der Waals surface area contributed by atoms with Crippen LogP contribution in [0, 0.1) is 5.41 Å². The van der Waals surface area contributed by atoms with Crippen LogP contribution in [0.4, 0.5) is 0 Å². The lowest BCUT2D eigenvalue weighted by molar-refractivity contribution is 1.23. The molecule has 3 aromatic rings. The second-order valence-electron chi connectivity index (χ2n) is 4.30. The van der Waals surface area contributed by atoms with E-state index in [1.807, 2.05) is 42.7 Å². The molecule has 3 N–H and O–H groups in total. The van der Waals surface area contributed by atoms with Crippen LogP contribution in [0.3, 0.4) is 0 Å². The van der Waals surface area contributed by atoms with Crippen LogP contribution in [0.2, 0.25) is 0 Å². The van der Waals surface area contributed by atoms with Gasteiger partial charge in [-0.15, -0.1) is 23.1 Å². The van der Waals surface area contributed by atoms with Crippen molar-refractivity contribution in [3.63, 3.8) is 0 Å². The van der Waals surface area contributed by atoms with Gasteiger partial charge in [-0.2, -0.15) is 0 Å². The highest BCUT2D eigenvalue weighted by atomic mass is 32.2. The summed E-state index contributed by atoms with van der Waals surface area (Å²) in [6, 6.07) is 14.1. The molecule has 0 aliphatic carbocycles. The van der Waals surface area contributed by atoms with Gasteiger partial charge in [-0.05, 0) is 30.5 Å². The van der Waals surface area contributed by atoms with E-state index in [4.69, 9.17) is 11.1 Å². The number of nitrogen functional groups attached to an aromatic ring is 1. The highest BCUT2D eigenvalue weighted by Gasteiger charge is 2.14. The third-order valence-corrected chi connectivity index (χ3v) is 5.89. The van der Waals surface area contributed by atoms with Gasteiger partial charge in [-0.1, -0.05) is 30.0 Å². The fourth-order valence-electron chi connectivity index (χ4n) is 2.02. The second-order valence-corrected chi connectivity index (χ2v) is 7.46. The van der Waals surface area contributed by atoms with E-state index >= 15 is 0 Å². The van der Waals surface area contributed by atoms with Crippen molar-refractivity contribution in [3.05, 3.63) is 48.0 Å². The minimum atomic E-state index is 0.101. The molecule has 21 heavy (non-hydrogen) atoms. The molecule has 0 spiro atoms. The lowest BCUT2D eigenvalue weighted by Gasteiger charge is -2.10. The van der Waals surface area contributed by atoms with E-state index in [1.165, 1.54) is 4.70 Å². The number of rotatable bonds is 4. The van der Waals surface area contributed by atoms with Crippen molar-refractivity contribution >= 4 is 50.9 Å². The predicted molar refractivity (Wildman–Crippen MR) is 93.0 cm³/mol. The number of hydrogen-bond donors (Lipinski definition) is 2. The van der Waals surface area contributed by atoms with Gasteiger partial charge in [0.2, 0.25) is 0 Å². The minimum absolute atomic E-state index is 0.101. The first kappa shape index (κ1) is 14.4. The Labute approximate surface area is 135 Å². The summed E-state index contributed by atoms with van der Waals surface area (Å²) in [5.41, 5.74) is 7.57. The molecule has 3 rings (SSSR count). The standard InChI is InChI=1S/C15H13N3S3/c1-19-11-7-4-8-12(13(11)14(16)17)21-15-18-9-5-2-3-6-10(9)20-15/h2-8H,1H3,(H3,16,17). The van der Waals surface area contributed by atoms with Gasteiger partial charge < -0.3 is 5.73 Å².